The van der Waals surface area contributed by atoms with Gasteiger partial charge in [-0.3, -0.25) is 14.5 Å². The lowest BCUT2D eigenvalue weighted by Crippen LogP contribution is -2.22. The number of nitrogens with zero attached hydrogens (tertiary/aromatic N) is 1. The molecule has 2 aromatic carbocycles. The first-order valence-electron chi connectivity index (χ1n) is 7.43. The third-order valence-corrected chi connectivity index (χ3v) is 6.14. The molecule has 2 aromatic rings. The van der Waals surface area contributed by atoms with Crippen molar-refractivity contribution in [3.63, 3.8) is 0 Å². The Morgan fingerprint density at radius 1 is 1.19 bits per heavy atom. The summed E-state index contributed by atoms with van der Waals surface area (Å²) in [5.74, 6) is 0.331. The molecule has 1 saturated heterocycles. The minimum absolute atomic E-state index is 0.279. The molecule has 0 atom stereocenters. The number of hydrogen-bond donors (Lipinski definition) is 0. The number of carbonyl (C=O) groups excluding carboxylic acids is 2. The van der Waals surface area contributed by atoms with Crippen LogP contribution in [0.15, 0.2) is 50.2 Å². The number of halogens is 3. The van der Waals surface area contributed by atoms with Crippen molar-refractivity contribution < 1.29 is 14.3 Å². The molecule has 0 N–H and O–H groups in total. The van der Waals surface area contributed by atoms with Crippen LogP contribution in [0, 0.1) is 0 Å². The SMILES string of the molecule is CN1C(=O)S/C(=C\c2cc(Br)c(OCc3ccccc3Cl)c(Br)c2)C1=O. The minimum atomic E-state index is -0.300. The topological polar surface area (TPSA) is 46.6 Å². The van der Waals surface area contributed by atoms with Gasteiger partial charge >= 0.3 is 0 Å². The lowest BCUT2D eigenvalue weighted by atomic mass is 10.2. The van der Waals surface area contributed by atoms with E-state index in [-0.39, 0.29) is 11.1 Å². The quantitative estimate of drug-likeness (QED) is 0.459. The van der Waals surface area contributed by atoms with E-state index in [0.29, 0.717) is 22.3 Å². The number of amides is 2. The standard InChI is InChI=1S/C18H12Br2ClNO3S/c1-22-17(23)15(26-18(22)24)8-10-6-12(19)16(13(20)7-10)25-9-11-4-2-3-5-14(11)21/h2-8H,9H2,1H3/b15-8-. The van der Waals surface area contributed by atoms with E-state index in [1.54, 1.807) is 6.08 Å². The molecular formula is C18H12Br2ClNO3S. The van der Waals surface area contributed by atoms with E-state index in [4.69, 9.17) is 16.3 Å². The van der Waals surface area contributed by atoms with Gasteiger partial charge in [-0.25, -0.2) is 0 Å². The average molecular weight is 518 g/mol. The van der Waals surface area contributed by atoms with Crippen molar-refractivity contribution in [1.29, 1.82) is 0 Å². The van der Waals surface area contributed by atoms with Gasteiger partial charge in [-0.15, -0.1) is 0 Å². The van der Waals surface area contributed by atoms with E-state index in [1.165, 1.54) is 7.05 Å². The van der Waals surface area contributed by atoms with E-state index in [0.717, 1.165) is 36.7 Å². The fraction of sp³-hybridized carbons (Fsp3) is 0.111. The van der Waals surface area contributed by atoms with Crippen molar-refractivity contribution in [3.8, 4) is 5.75 Å². The molecule has 1 aliphatic rings. The van der Waals surface area contributed by atoms with Crippen LogP contribution in [0.4, 0.5) is 4.79 Å². The summed E-state index contributed by atoms with van der Waals surface area (Å²) in [6.07, 6.45) is 1.68. The Morgan fingerprint density at radius 2 is 1.85 bits per heavy atom. The third-order valence-electron chi connectivity index (χ3n) is 3.63. The number of thioether (sulfide) groups is 1. The van der Waals surface area contributed by atoms with Gasteiger partial charge in [0.1, 0.15) is 12.4 Å². The van der Waals surface area contributed by atoms with Gasteiger partial charge in [0.25, 0.3) is 11.1 Å². The first-order valence-corrected chi connectivity index (χ1v) is 10.2. The van der Waals surface area contributed by atoms with Gasteiger partial charge < -0.3 is 4.74 Å². The number of imide groups is 1. The minimum Gasteiger partial charge on any atom is -0.486 e. The molecule has 0 unspecified atom stereocenters. The van der Waals surface area contributed by atoms with Gasteiger partial charge in [-0.05, 0) is 73.5 Å². The fourth-order valence-electron chi connectivity index (χ4n) is 2.26. The summed E-state index contributed by atoms with van der Waals surface area (Å²) in [5.41, 5.74) is 1.65. The van der Waals surface area contributed by atoms with Crippen LogP contribution in [0.3, 0.4) is 0 Å². The number of likely N-dealkylation sites (N-methyl/N-ethyl adjacent to an activating group) is 1. The molecule has 0 aromatic heterocycles. The summed E-state index contributed by atoms with van der Waals surface area (Å²) >= 11 is 14.1. The van der Waals surface area contributed by atoms with Crippen LogP contribution >= 0.6 is 55.2 Å². The number of carbonyl (C=O) groups is 2. The average Bonchev–Trinajstić information content (AvgIpc) is 2.82. The summed E-state index contributed by atoms with van der Waals surface area (Å²) in [6.45, 7) is 0.324. The first-order chi connectivity index (χ1) is 12.4. The Balaban J connectivity index is 1.82. The van der Waals surface area contributed by atoms with Crippen LogP contribution in [0.1, 0.15) is 11.1 Å². The predicted octanol–water partition coefficient (Wildman–Crippen LogP) is 6.11. The highest BCUT2D eigenvalue weighted by molar-refractivity contribution is 9.11. The lowest BCUT2D eigenvalue weighted by molar-refractivity contribution is -0.121. The van der Waals surface area contributed by atoms with Crippen LogP contribution in [-0.4, -0.2) is 23.1 Å². The molecule has 8 heteroatoms. The van der Waals surface area contributed by atoms with Crippen molar-refractivity contribution in [1.82, 2.24) is 4.90 Å². The molecule has 0 radical (unpaired) electrons. The number of benzene rings is 2. The second-order valence-electron chi connectivity index (χ2n) is 5.43. The maximum Gasteiger partial charge on any atom is 0.293 e. The smallest absolute Gasteiger partial charge is 0.293 e. The van der Waals surface area contributed by atoms with Gasteiger partial charge in [0, 0.05) is 17.6 Å². The van der Waals surface area contributed by atoms with Crippen molar-refractivity contribution in [2.24, 2.45) is 0 Å². The van der Waals surface area contributed by atoms with E-state index in [9.17, 15) is 9.59 Å². The van der Waals surface area contributed by atoms with Crippen LogP contribution in [0.2, 0.25) is 5.02 Å². The molecule has 3 rings (SSSR count). The second kappa shape index (κ2) is 8.17. The molecule has 4 nitrogen and oxygen atoms in total. The predicted molar refractivity (Wildman–Crippen MR) is 111 cm³/mol. The van der Waals surface area contributed by atoms with Crippen molar-refractivity contribution >= 4 is 72.4 Å². The van der Waals surface area contributed by atoms with Crippen LogP contribution < -0.4 is 4.74 Å². The van der Waals surface area contributed by atoms with E-state index in [1.807, 2.05) is 36.4 Å². The molecule has 1 aliphatic heterocycles. The summed E-state index contributed by atoms with van der Waals surface area (Å²) in [4.78, 5) is 25.1. The van der Waals surface area contributed by atoms with E-state index in [2.05, 4.69) is 31.9 Å². The van der Waals surface area contributed by atoms with Gasteiger partial charge in [0.05, 0.1) is 13.9 Å². The molecule has 0 saturated carbocycles. The monoisotopic (exact) mass is 515 g/mol. The highest BCUT2D eigenvalue weighted by atomic mass is 79.9. The Kier molecular flexibility index (Phi) is 6.12. The van der Waals surface area contributed by atoms with Crippen molar-refractivity contribution in [2.75, 3.05) is 7.05 Å². The van der Waals surface area contributed by atoms with Crippen molar-refractivity contribution in [2.45, 2.75) is 6.61 Å². The first kappa shape index (κ1) is 19.5. The maximum atomic E-state index is 12.0. The second-order valence-corrected chi connectivity index (χ2v) is 8.54. The number of ether oxygens (including phenoxy) is 1. The zero-order valence-electron chi connectivity index (χ0n) is 13.5. The Morgan fingerprint density at radius 3 is 2.42 bits per heavy atom. The van der Waals surface area contributed by atoms with Gasteiger partial charge in [-0.2, -0.15) is 0 Å². The van der Waals surface area contributed by atoms with Gasteiger partial charge in [0.15, 0.2) is 0 Å². The summed E-state index contributed by atoms with van der Waals surface area (Å²) < 4.78 is 7.33. The Bertz CT molecular complexity index is 909. The molecule has 1 fully saturated rings. The third kappa shape index (κ3) is 4.17. The van der Waals surface area contributed by atoms with Crippen LogP contribution in [0.5, 0.6) is 5.75 Å². The zero-order chi connectivity index (χ0) is 18.8. The Hall–Kier alpha value is -1.28. The molecule has 0 bridgehead atoms. The number of rotatable bonds is 4. The van der Waals surface area contributed by atoms with E-state index < -0.39 is 0 Å². The molecule has 26 heavy (non-hydrogen) atoms. The molecular weight excluding hydrogens is 506 g/mol. The highest BCUT2D eigenvalue weighted by Crippen LogP contribution is 2.38. The molecule has 0 spiro atoms. The highest BCUT2D eigenvalue weighted by Gasteiger charge is 2.31. The molecule has 2 amide bonds. The summed E-state index contributed by atoms with van der Waals surface area (Å²) in [6, 6.07) is 11.1. The lowest BCUT2D eigenvalue weighted by Gasteiger charge is -2.12. The maximum absolute atomic E-state index is 12.0. The molecule has 1 heterocycles. The largest absolute Gasteiger partial charge is 0.486 e. The molecule has 0 aliphatic carbocycles. The van der Waals surface area contributed by atoms with Crippen LogP contribution in [0.25, 0.3) is 6.08 Å². The van der Waals surface area contributed by atoms with Crippen LogP contribution in [-0.2, 0) is 11.4 Å². The zero-order valence-corrected chi connectivity index (χ0v) is 18.2. The van der Waals surface area contributed by atoms with Gasteiger partial charge in [0.2, 0.25) is 0 Å². The molecule has 134 valence electrons. The van der Waals surface area contributed by atoms with Crippen molar-refractivity contribution in [3.05, 3.63) is 66.4 Å². The summed E-state index contributed by atoms with van der Waals surface area (Å²) in [5, 5.41) is 0.366. The van der Waals surface area contributed by atoms with E-state index >= 15 is 0 Å². The summed E-state index contributed by atoms with van der Waals surface area (Å²) in [7, 11) is 1.47. The Labute approximate surface area is 176 Å². The number of hydrogen-bond acceptors (Lipinski definition) is 4. The van der Waals surface area contributed by atoms with Gasteiger partial charge in [-0.1, -0.05) is 29.8 Å². The normalized spacial score (nSPS) is 15.8. The fourth-order valence-corrected chi connectivity index (χ4v) is 4.73.